The van der Waals surface area contributed by atoms with Crippen LogP contribution in [0.25, 0.3) is 0 Å². The molecule has 124 valence electrons. The minimum absolute atomic E-state index is 0.253. The van der Waals surface area contributed by atoms with Gasteiger partial charge in [0.2, 0.25) is 5.91 Å². The molecule has 0 heterocycles. The highest BCUT2D eigenvalue weighted by Crippen LogP contribution is 2.41. The molecule has 0 spiro atoms. The second-order valence-corrected chi connectivity index (χ2v) is 7.06. The average Bonchev–Trinajstić information content (AvgIpc) is 3.42. The van der Waals surface area contributed by atoms with Crippen LogP contribution in [0.4, 0.5) is 5.69 Å². The molecule has 0 aromatic heterocycles. The first-order valence-corrected chi connectivity index (χ1v) is 8.96. The molecule has 2 aromatic rings. The van der Waals surface area contributed by atoms with E-state index in [9.17, 15) is 4.79 Å². The van der Waals surface area contributed by atoms with Gasteiger partial charge in [-0.15, -0.1) is 0 Å². The van der Waals surface area contributed by atoms with E-state index < -0.39 is 0 Å². The average molecular weight is 320 g/mol. The van der Waals surface area contributed by atoms with Gasteiger partial charge in [0.15, 0.2) is 0 Å². The predicted octanol–water partition coefficient (Wildman–Crippen LogP) is 3.88. The third-order valence-electron chi connectivity index (χ3n) is 5.24. The first-order valence-electron chi connectivity index (χ1n) is 8.96. The molecular formula is C21H24N2O. The summed E-state index contributed by atoms with van der Waals surface area (Å²) >= 11 is 0. The largest absolute Gasteiger partial charge is 0.399 e. The standard InChI is InChI=1S/C21H24N2O/c22-17-10-8-15(9-11-17)14-21(24)23(18-12-13-18)20-7-3-5-16-4-1-2-6-19(16)20/h1-2,4,6,8-11,18,20H,3,5,7,12-14,22H2. The van der Waals surface area contributed by atoms with Gasteiger partial charge in [-0.3, -0.25) is 4.79 Å². The molecule has 1 fully saturated rings. The van der Waals surface area contributed by atoms with Gasteiger partial charge in [-0.2, -0.15) is 0 Å². The van der Waals surface area contributed by atoms with Crippen molar-refractivity contribution in [2.75, 3.05) is 5.73 Å². The molecule has 2 aliphatic rings. The monoisotopic (exact) mass is 320 g/mol. The molecular weight excluding hydrogens is 296 g/mol. The summed E-state index contributed by atoms with van der Waals surface area (Å²) in [7, 11) is 0. The summed E-state index contributed by atoms with van der Waals surface area (Å²) in [6.07, 6.45) is 6.14. The molecule has 1 atom stereocenters. The van der Waals surface area contributed by atoms with Crippen molar-refractivity contribution in [3.63, 3.8) is 0 Å². The molecule has 0 saturated heterocycles. The summed E-state index contributed by atoms with van der Waals surface area (Å²) in [5, 5.41) is 0. The number of fused-ring (bicyclic) bond motifs is 1. The topological polar surface area (TPSA) is 46.3 Å². The van der Waals surface area contributed by atoms with E-state index in [1.54, 1.807) is 0 Å². The highest BCUT2D eigenvalue weighted by atomic mass is 16.2. The Bertz CT molecular complexity index is 734. The summed E-state index contributed by atoms with van der Waals surface area (Å²) < 4.78 is 0. The maximum absolute atomic E-state index is 13.1. The minimum atomic E-state index is 0.253. The van der Waals surface area contributed by atoms with Gasteiger partial charge in [-0.25, -0.2) is 0 Å². The molecule has 1 saturated carbocycles. The van der Waals surface area contributed by atoms with Crippen LogP contribution in [0.3, 0.4) is 0 Å². The van der Waals surface area contributed by atoms with E-state index in [1.807, 2.05) is 24.3 Å². The molecule has 4 rings (SSSR count). The fourth-order valence-corrected chi connectivity index (χ4v) is 3.90. The number of rotatable bonds is 4. The molecule has 0 bridgehead atoms. The number of nitrogens with zero attached hydrogens (tertiary/aromatic N) is 1. The summed E-state index contributed by atoms with van der Waals surface area (Å²) in [4.78, 5) is 15.3. The fourth-order valence-electron chi connectivity index (χ4n) is 3.90. The molecule has 3 nitrogen and oxygen atoms in total. The van der Waals surface area contributed by atoms with E-state index in [0.717, 1.165) is 36.9 Å². The van der Waals surface area contributed by atoms with Crippen LogP contribution in [-0.4, -0.2) is 16.8 Å². The van der Waals surface area contributed by atoms with Crippen molar-refractivity contribution in [3.8, 4) is 0 Å². The van der Waals surface area contributed by atoms with Gasteiger partial charge in [-0.1, -0.05) is 36.4 Å². The normalized spacial score (nSPS) is 19.6. The smallest absolute Gasteiger partial charge is 0.227 e. The van der Waals surface area contributed by atoms with E-state index in [-0.39, 0.29) is 11.9 Å². The summed E-state index contributed by atoms with van der Waals surface area (Å²) in [6.45, 7) is 0. The van der Waals surface area contributed by atoms with Crippen molar-refractivity contribution in [1.82, 2.24) is 4.90 Å². The van der Waals surface area contributed by atoms with Gasteiger partial charge in [-0.05, 0) is 60.9 Å². The number of amides is 1. The second kappa shape index (κ2) is 6.31. The van der Waals surface area contributed by atoms with Gasteiger partial charge < -0.3 is 10.6 Å². The Morgan fingerprint density at radius 3 is 2.54 bits per heavy atom. The van der Waals surface area contributed by atoms with Crippen molar-refractivity contribution >= 4 is 11.6 Å². The lowest BCUT2D eigenvalue weighted by Gasteiger charge is -2.36. The Hall–Kier alpha value is -2.29. The Morgan fingerprint density at radius 1 is 1.04 bits per heavy atom. The number of carbonyl (C=O) groups excluding carboxylic acids is 1. The van der Waals surface area contributed by atoms with E-state index in [1.165, 1.54) is 17.5 Å². The number of anilines is 1. The van der Waals surface area contributed by atoms with Crippen LogP contribution < -0.4 is 5.73 Å². The van der Waals surface area contributed by atoms with Crippen molar-refractivity contribution in [3.05, 3.63) is 65.2 Å². The molecule has 1 amide bonds. The van der Waals surface area contributed by atoms with Crippen LogP contribution in [0.5, 0.6) is 0 Å². The molecule has 2 aromatic carbocycles. The Labute approximate surface area is 143 Å². The third kappa shape index (κ3) is 3.03. The van der Waals surface area contributed by atoms with Gasteiger partial charge in [0.1, 0.15) is 0 Å². The number of aryl methyl sites for hydroxylation is 1. The van der Waals surface area contributed by atoms with Gasteiger partial charge in [0.05, 0.1) is 12.5 Å². The van der Waals surface area contributed by atoms with Crippen molar-refractivity contribution in [1.29, 1.82) is 0 Å². The first kappa shape index (κ1) is 15.3. The SMILES string of the molecule is Nc1ccc(CC(=O)N(C2CC2)C2CCCc3ccccc32)cc1. The predicted molar refractivity (Wildman–Crippen MR) is 96.5 cm³/mol. The molecule has 24 heavy (non-hydrogen) atoms. The Kier molecular flexibility index (Phi) is 4.01. The van der Waals surface area contributed by atoms with Crippen LogP contribution >= 0.6 is 0 Å². The molecule has 0 radical (unpaired) electrons. The van der Waals surface area contributed by atoms with Crippen molar-refractivity contribution in [2.24, 2.45) is 0 Å². The van der Waals surface area contributed by atoms with Gasteiger partial charge >= 0.3 is 0 Å². The molecule has 1 unspecified atom stereocenters. The lowest BCUT2D eigenvalue weighted by Crippen LogP contribution is -2.39. The van der Waals surface area contributed by atoms with Gasteiger partial charge in [0, 0.05) is 11.7 Å². The molecule has 0 aliphatic heterocycles. The highest BCUT2D eigenvalue weighted by Gasteiger charge is 2.39. The van der Waals surface area contributed by atoms with E-state index in [2.05, 4.69) is 29.2 Å². The maximum Gasteiger partial charge on any atom is 0.227 e. The van der Waals surface area contributed by atoms with Crippen molar-refractivity contribution in [2.45, 2.75) is 50.6 Å². The second-order valence-electron chi connectivity index (χ2n) is 7.06. The number of hydrogen-bond acceptors (Lipinski definition) is 2. The highest BCUT2D eigenvalue weighted by molar-refractivity contribution is 5.80. The summed E-state index contributed by atoms with van der Waals surface area (Å²) in [5.74, 6) is 0.254. The van der Waals surface area contributed by atoms with Crippen molar-refractivity contribution < 1.29 is 4.79 Å². The number of carbonyl (C=O) groups is 1. The van der Waals surface area contributed by atoms with E-state index >= 15 is 0 Å². The minimum Gasteiger partial charge on any atom is -0.399 e. The van der Waals surface area contributed by atoms with Crippen LogP contribution in [-0.2, 0) is 17.6 Å². The van der Waals surface area contributed by atoms with Crippen LogP contribution in [0.1, 0.15) is 48.4 Å². The van der Waals surface area contributed by atoms with E-state index in [4.69, 9.17) is 5.73 Å². The lowest BCUT2D eigenvalue weighted by molar-refractivity contribution is -0.134. The van der Waals surface area contributed by atoms with Crippen LogP contribution in [0, 0.1) is 0 Å². The first-order chi connectivity index (χ1) is 11.7. The molecule has 2 aliphatic carbocycles. The summed E-state index contributed by atoms with van der Waals surface area (Å²) in [6, 6.07) is 17.0. The quantitative estimate of drug-likeness (QED) is 0.869. The molecule has 3 heteroatoms. The summed E-state index contributed by atoms with van der Waals surface area (Å²) in [5.41, 5.74) is 10.3. The zero-order valence-electron chi connectivity index (χ0n) is 13.9. The van der Waals surface area contributed by atoms with Gasteiger partial charge in [0.25, 0.3) is 0 Å². The van der Waals surface area contributed by atoms with Crippen LogP contribution in [0.2, 0.25) is 0 Å². The third-order valence-corrected chi connectivity index (χ3v) is 5.24. The number of hydrogen-bond donors (Lipinski definition) is 1. The van der Waals surface area contributed by atoms with E-state index in [0.29, 0.717) is 12.5 Å². The Morgan fingerprint density at radius 2 is 1.79 bits per heavy atom. The zero-order chi connectivity index (χ0) is 16.5. The number of nitrogens with two attached hydrogens (primary N) is 1. The number of nitrogen functional groups attached to an aromatic ring is 1. The van der Waals surface area contributed by atoms with Crippen LogP contribution in [0.15, 0.2) is 48.5 Å². The number of benzene rings is 2. The zero-order valence-corrected chi connectivity index (χ0v) is 13.9. The maximum atomic E-state index is 13.1. The fraction of sp³-hybridized carbons (Fsp3) is 0.381. The lowest BCUT2D eigenvalue weighted by atomic mass is 9.86. The Balaban J connectivity index is 1.59. The molecule has 2 N–H and O–H groups in total.